The van der Waals surface area contributed by atoms with Gasteiger partial charge in [-0.2, -0.15) is 0 Å². The van der Waals surface area contributed by atoms with E-state index in [1.54, 1.807) is 7.11 Å². The van der Waals surface area contributed by atoms with Gasteiger partial charge in [-0.3, -0.25) is 0 Å². The molecule has 0 aromatic heterocycles. The summed E-state index contributed by atoms with van der Waals surface area (Å²) in [6.45, 7) is 6.99. The van der Waals surface area contributed by atoms with E-state index in [1.165, 1.54) is 24.8 Å². The average molecular weight is 247 g/mol. The lowest BCUT2D eigenvalue weighted by Crippen LogP contribution is -2.19. The Labute approximate surface area is 111 Å². The van der Waals surface area contributed by atoms with E-state index in [-0.39, 0.29) is 0 Å². The molecule has 2 nitrogen and oxygen atoms in total. The number of benzene rings is 1. The third-order valence-corrected chi connectivity index (χ3v) is 3.13. The van der Waals surface area contributed by atoms with Crippen LogP contribution in [0.15, 0.2) is 36.9 Å². The fraction of sp³-hybridized carbons (Fsp3) is 0.500. The summed E-state index contributed by atoms with van der Waals surface area (Å²) in [5, 5.41) is 3.55. The van der Waals surface area contributed by atoms with E-state index in [0.717, 1.165) is 18.7 Å². The van der Waals surface area contributed by atoms with Gasteiger partial charge in [0.1, 0.15) is 5.75 Å². The monoisotopic (exact) mass is 247 g/mol. The minimum atomic E-state index is 0.375. The molecule has 0 saturated carbocycles. The second-order valence-corrected chi connectivity index (χ2v) is 4.59. The number of rotatable bonds is 9. The first-order valence-corrected chi connectivity index (χ1v) is 6.76. The number of allylic oxidation sites excluding steroid dienone is 1. The van der Waals surface area contributed by atoms with Crippen LogP contribution in [0.25, 0.3) is 0 Å². The molecule has 1 aromatic carbocycles. The number of methoxy groups -OCH3 is 1. The van der Waals surface area contributed by atoms with Gasteiger partial charge in [0.25, 0.3) is 0 Å². The van der Waals surface area contributed by atoms with Crippen LogP contribution in [0, 0.1) is 0 Å². The zero-order valence-electron chi connectivity index (χ0n) is 11.6. The van der Waals surface area contributed by atoms with Crippen molar-refractivity contribution in [3.63, 3.8) is 0 Å². The molecule has 0 bridgehead atoms. The molecule has 0 aliphatic heterocycles. The molecule has 100 valence electrons. The van der Waals surface area contributed by atoms with Crippen molar-refractivity contribution < 1.29 is 4.74 Å². The summed E-state index contributed by atoms with van der Waals surface area (Å²) in [6, 6.07) is 8.62. The van der Waals surface area contributed by atoms with Gasteiger partial charge < -0.3 is 10.1 Å². The van der Waals surface area contributed by atoms with Crippen molar-refractivity contribution in [2.45, 2.75) is 38.6 Å². The Bertz CT molecular complexity index is 349. The first kappa shape index (κ1) is 14.8. The van der Waals surface area contributed by atoms with Crippen LogP contribution in [0.2, 0.25) is 0 Å². The zero-order valence-corrected chi connectivity index (χ0v) is 11.6. The van der Waals surface area contributed by atoms with E-state index < -0.39 is 0 Å². The number of nitrogens with one attached hydrogen (secondary N) is 1. The number of hydrogen-bond acceptors (Lipinski definition) is 2. The molecule has 0 aliphatic carbocycles. The third-order valence-electron chi connectivity index (χ3n) is 3.13. The maximum Gasteiger partial charge on any atom is 0.119 e. The molecule has 0 aliphatic rings. The van der Waals surface area contributed by atoms with Crippen molar-refractivity contribution in [3.8, 4) is 5.75 Å². The quantitative estimate of drug-likeness (QED) is 0.524. The first-order valence-electron chi connectivity index (χ1n) is 6.76. The summed E-state index contributed by atoms with van der Waals surface area (Å²) in [6.07, 6.45) is 6.86. The maximum atomic E-state index is 5.24. The second kappa shape index (κ2) is 8.76. The van der Waals surface area contributed by atoms with Gasteiger partial charge in [0.15, 0.2) is 0 Å². The molecule has 0 saturated heterocycles. The molecule has 2 heteroatoms. The lowest BCUT2D eigenvalue weighted by molar-refractivity contribution is 0.413. The van der Waals surface area contributed by atoms with Gasteiger partial charge >= 0.3 is 0 Å². The third kappa shape index (κ3) is 5.37. The van der Waals surface area contributed by atoms with Gasteiger partial charge in [0.2, 0.25) is 0 Å². The summed E-state index contributed by atoms with van der Waals surface area (Å²) in [4.78, 5) is 0. The van der Waals surface area contributed by atoms with E-state index in [1.807, 2.05) is 18.2 Å². The summed E-state index contributed by atoms with van der Waals surface area (Å²) < 4.78 is 5.24. The van der Waals surface area contributed by atoms with Crippen LogP contribution < -0.4 is 10.1 Å². The second-order valence-electron chi connectivity index (χ2n) is 4.59. The highest BCUT2D eigenvalue weighted by Crippen LogP contribution is 2.18. The smallest absolute Gasteiger partial charge is 0.119 e. The molecule has 0 radical (unpaired) electrons. The largest absolute Gasteiger partial charge is 0.497 e. The van der Waals surface area contributed by atoms with Crippen molar-refractivity contribution >= 4 is 0 Å². The van der Waals surface area contributed by atoms with Crippen molar-refractivity contribution in [1.82, 2.24) is 5.32 Å². The fourth-order valence-corrected chi connectivity index (χ4v) is 1.94. The van der Waals surface area contributed by atoms with Crippen LogP contribution in [-0.2, 0) is 0 Å². The van der Waals surface area contributed by atoms with Crippen LogP contribution in [-0.4, -0.2) is 13.7 Å². The first-order chi connectivity index (χ1) is 8.77. The highest BCUT2D eigenvalue weighted by Gasteiger charge is 2.04. The maximum absolute atomic E-state index is 5.24. The predicted octanol–water partition coefficient (Wildman–Crippen LogP) is 4.09. The topological polar surface area (TPSA) is 21.3 Å². The van der Waals surface area contributed by atoms with Crippen LogP contribution in [0.1, 0.15) is 44.2 Å². The number of ether oxygens (including phenoxy) is 1. The van der Waals surface area contributed by atoms with Gasteiger partial charge in [-0.05, 0) is 50.4 Å². The Balaban J connectivity index is 2.27. The Morgan fingerprint density at radius 3 is 2.89 bits per heavy atom. The summed E-state index contributed by atoms with van der Waals surface area (Å²) in [7, 11) is 1.71. The Morgan fingerprint density at radius 2 is 2.17 bits per heavy atom. The molecule has 1 N–H and O–H groups in total. The molecule has 0 unspecified atom stereocenters. The molecule has 18 heavy (non-hydrogen) atoms. The van der Waals surface area contributed by atoms with Gasteiger partial charge in [-0.15, -0.1) is 6.58 Å². The van der Waals surface area contributed by atoms with Crippen LogP contribution >= 0.6 is 0 Å². The van der Waals surface area contributed by atoms with Crippen LogP contribution in [0.3, 0.4) is 0 Å². The normalized spacial score (nSPS) is 12.1. The molecule has 1 rings (SSSR count). The molecular formula is C16H25NO. The van der Waals surface area contributed by atoms with Crippen LogP contribution in [0.4, 0.5) is 0 Å². The van der Waals surface area contributed by atoms with Crippen molar-refractivity contribution in [1.29, 1.82) is 0 Å². The number of hydrogen-bond donors (Lipinski definition) is 1. The molecule has 0 amide bonds. The molecular weight excluding hydrogens is 222 g/mol. The van der Waals surface area contributed by atoms with Crippen molar-refractivity contribution in [2.75, 3.05) is 13.7 Å². The summed E-state index contributed by atoms with van der Waals surface area (Å²) >= 11 is 0. The summed E-state index contributed by atoms with van der Waals surface area (Å²) in [5.41, 5.74) is 1.28. The predicted molar refractivity (Wildman–Crippen MR) is 78.1 cm³/mol. The van der Waals surface area contributed by atoms with E-state index >= 15 is 0 Å². The Morgan fingerprint density at radius 1 is 1.33 bits per heavy atom. The minimum Gasteiger partial charge on any atom is -0.497 e. The Kier molecular flexibility index (Phi) is 7.19. The lowest BCUT2D eigenvalue weighted by atomic mass is 10.1. The molecule has 0 heterocycles. The van der Waals surface area contributed by atoms with Gasteiger partial charge in [-0.1, -0.05) is 24.6 Å². The van der Waals surface area contributed by atoms with E-state index in [0.29, 0.717) is 6.04 Å². The molecule has 0 fully saturated rings. The molecule has 1 aromatic rings. The fourth-order valence-electron chi connectivity index (χ4n) is 1.94. The van der Waals surface area contributed by atoms with Gasteiger partial charge in [-0.25, -0.2) is 0 Å². The summed E-state index contributed by atoms with van der Waals surface area (Å²) in [5.74, 6) is 0.923. The highest BCUT2D eigenvalue weighted by molar-refractivity contribution is 5.30. The SMILES string of the molecule is C=CCCCCCN[C@@H](C)c1cccc(OC)c1. The zero-order chi connectivity index (χ0) is 13.2. The minimum absolute atomic E-state index is 0.375. The van der Waals surface area contributed by atoms with Crippen LogP contribution in [0.5, 0.6) is 5.75 Å². The van der Waals surface area contributed by atoms with E-state index in [2.05, 4.69) is 31.0 Å². The average Bonchev–Trinajstić information content (AvgIpc) is 2.42. The van der Waals surface area contributed by atoms with Gasteiger partial charge in [0, 0.05) is 6.04 Å². The van der Waals surface area contributed by atoms with E-state index in [4.69, 9.17) is 4.74 Å². The lowest BCUT2D eigenvalue weighted by Gasteiger charge is -2.15. The highest BCUT2D eigenvalue weighted by atomic mass is 16.5. The number of unbranched alkanes of at least 4 members (excludes halogenated alkanes) is 3. The van der Waals surface area contributed by atoms with Gasteiger partial charge in [0.05, 0.1) is 7.11 Å². The van der Waals surface area contributed by atoms with Crippen molar-refractivity contribution in [3.05, 3.63) is 42.5 Å². The molecule has 0 spiro atoms. The Hall–Kier alpha value is -1.28. The van der Waals surface area contributed by atoms with Crippen molar-refractivity contribution in [2.24, 2.45) is 0 Å². The molecule has 1 atom stereocenters. The van der Waals surface area contributed by atoms with E-state index in [9.17, 15) is 0 Å². The standard InChI is InChI=1S/C16H25NO/c1-4-5-6-7-8-12-17-14(2)15-10-9-11-16(13-15)18-3/h4,9-11,13-14,17H,1,5-8,12H2,2-3H3/t14-/m0/s1.